The Bertz CT molecular complexity index is 840. The van der Waals surface area contributed by atoms with E-state index < -0.39 is 27.5 Å². The lowest BCUT2D eigenvalue weighted by Crippen LogP contribution is -2.32. The van der Waals surface area contributed by atoms with Gasteiger partial charge in [-0.25, -0.2) is 12.8 Å². The highest BCUT2D eigenvalue weighted by atomic mass is 32.2. The lowest BCUT2D eigenvalue weighted by atomic mass is 10.1. The molecule has 0 aliphatic heterocycles. The van der Waals surface area contributed by atoms with Crippen LogP contribution in [0.15, 0.2) is 42.5 Å². The minimum absolute atomic E-state index is 0.173. The van der Waals surface area contributed by atoms with Crippen molar-refractivity contribution >= 4 is 15.7 Å². The van der Waals surface area contributed by atoms with E-state index in [0.29, 0.717) is 11.1 Å². The Labute approximate surface area is 148 Å². The molecular weight excluding hydrogens is 341 g/mol. The van der Waals surface area contributed by atoms with E-state index >= 15 is 0 Å². The average molecular weight is 363 g/mol. The van der Waals surface area contributed by atoms with E-state index in [2.05, 4.69) is 5.32 Å². The maximum absolute atomic E-state index is 12.9. The predicted octanol–water partition coefficient (Wildman–Crippen LogP) is 3.23. The van der Waals surface area contributed by atoms with Gasteiger partial charge in [0.05, 0.1) is 11.8 Å². The number of halogens is 1. The Balaban J connectivity index is 1.99. The van der Waals surface area contributed by atoms with E-state index in [4.69, 9.17) is 0 Å². The molecule has 0 aromatic heterocycles. The molecule has 0 fully saturated rings. The molecule has 2 aromatic rings. The molecular formula is C19H22FNO3S. The number of carbonyl (C=O) groups excluding carboxylic acids is 1. The van der Waals surface area contributed by atoms with Gasteiger partial charge in [-0.2, -0.15) is 0 Å². The largest absolute Gasteiger partial charge is 0.349 e. The van der Waals surface area contributed by atoms with Gasteiger partial charge >= 0.3 is 0 Å². The van der Waals surface area contributed by atoms with Crippen molar-refractivity contribution in [2.24, 2.45) is 0 Å². The van der Waals surface area contributed by atoms with E-state index in [9.17, 15) is 17.6 Å². The van der Waals surface area contributed by atoms with E-state index in [1.165, 1.54) is 12.1 Å². The number of carbonyl (C=O) groups is 1. The van der Waals surface area contributed by atoms with Crippen molar-refractivity contribution in [3.63, 3.8) is 0 Å². The maximum atomic E-state index is 12.9. The number of amides is 1. The van der Waals surface area contributed by atoms with Gasteiger partial charge in [0.15, 0.2) is 9.84 Å². The van der Waals surface area contributed by atoms with E-state index in [1.54, 1.807) is 19.1 Å². The Hall–Kier alpha value is -2.21. The van der Waals surface area contributed by atoms with Crippen molar-refractivity contribution in [3.05, 3.63) is 70.5 Å². The molecule has 1 atom stereocenters. The molecule has 1 amide bonds. The Morgan fingerprint density at radius 1 is 1.08 bits per heavy atom. The van der Waals surface area contributed by atoms with Gasteiger partial charge in [0.2, 0.25) is 5.91 Å². The molecule has 1 N–H and O–H groups in total. The number of rotatable bonds is 6. The summed E-state index contributed by atoms with van der Waals surface area (Å²) in [6.45, 7) is 5.53. The number of hydrogen-bond donors (Lipinski definition) is 1. The molecule has 25 heavy (non-hydrogen) atoms. The highest BCUT2D eigenvalue weighted by Crippen LogP contribution is 2.15. The van der Waals surface area contributed by atoms with Crippen LogP contribution in [0.3, 0.4) is 0 Å². The minimum atomic E-state index is -3.57. The van der Waals surface area contributed by atoms with Crippen LogP contribution in [0, 0.1) is 19.7 Å². The van der Waals surface area contributed by atoms with Crippen molar-refractivity contribution in [1.82, 2.24) is 5.32 Å². The topological polar surface area (TPSA) is 63.2 Å². The zero-order valence-corrected chi connectivity index (χ0v) is 15.4. The molecule has 0 saturated heterocycles. The van der Waals surface area contributed by atoms with Crippen LogP contribution in [0.4, 0.5) is 4.39 Å². The molecule has 2 aromatic carbocycles. The second-order valence-corrected chi connectivity index (χ2v) is 8.43. The first-order chi connectivity index (χ1) is 11.6. The number of benzene rings is 2. The van der Waals surface area contributed by atoms with E-state index in [-0.39, 0.29) is 11.6 Å². The lowest BCUT2D eigenvalue weighted by Gasteiger charge is -2.14. The van der Waals surface area contributed by atoms with Crippen LogP contribution in [0.2, 0.25) is 0 Å². The SMILES string of the molecule is Cc1cc(C)cc(CS(=O)(=O)CC(=O)NC(C)c2ccc(F)cc2)c1. The Morgan fingerprint density at radius 3 is 2.20 bits per heavy atom. The minimum Gasteiger partial charge on any atom is -0.349 e. The van der Waals surface area contributed by atoms with E-state index in [1.807, 2.05) is 32.0 Å². The first-order valence-corrected chi connectivity index (χ1v) is 9.79. The third-order valence-electron chi connectivity index (χ3n) is 3.77. The quantitative estimate of drug-likeness (QED) is 0.857. The summed E-state index contributed by atoms with van der Waals surface area (Å²) in [6, 6.07) is 10.9. The summed E-state index contributed by atoms with van der Waals surface area (Å²) in [4.78, 5) is 12.1. The fraction of sp³-hybridized carbons (Fsp3) is 0.316. The number of sulfone groups is 1. The van der Waals surface area contributed by atoms with Crippen molar-refractivity contribution in [2.45, 2.75) is 32.6 Å². The molecule has 0 saturated carbocycles. The van der Waals surface area contributed by atoms with Crippen molar-refractivity contribution in [1.29, 1.82) is 0 Å². The molecule has 0 heterocycles. The molecule has 0 radical (unpaired) electrons. The van der Waals surface area contributed by atoms with Crippen LogP contribution in [0.5, 0.6) is 0 Å². The Morgan fingerprint density at radius 2 is 1.64 bits per heavy atom. The Kier molecular flexibility index (Phi) is 5.95. The van der Waals surface area contributed by atoms with Gasteiger partial charge in [-0.15, -0.1) is 0 Å². The summed E-state index contributed by atoms with van der Waals surface area (Å²) in [5, 5.41) is 2.64. The monoisotopic (exact) mass is 363 g/mol. The van der Waals surface area contributed by atoms with Crippen LogP contribution in [0.25, 0.3) is 0 Å². The average Bonchev–Trinajstić information content (AvgIpc) is 2.45. The summed E-state index contributed by atoms with van der Waals surface area (Å²) in [6.07, 6.45) is 0. The van der Waals surface area contributed by atoms with E-state index in [0.717, 1.165) is 11.1 Å². The number of aryl methyl sites for hydroxylation is 2. The van der Waals surface area contributed by atoms with Gasteiger partial charge < -0.3 is 5.32 Å². The number of nitrogens with one attached hydrogen (secondary N) is 1. The highest BCUT2D eigenvalue weighted by Gasteiger charge is 2.19. The molecule has 134 valence electrons. The maximum Gasteiger partial charge on any atom is 0.235 e. The van der Waals surface area contributed by atoms with Crippen molar-refractivity contribution in [2.75, 3.05) is 5.75 Å². The summed E-state index contributed by atoms with van der Waals surface area (Å²) < 4.78 is 37.5. The van der Waals surface area contributed by atoms with Gasteiger partial charge in [-0.3, -0.25) is 4.79 Å². The molecule has 0 spiro atoms. The molecule has 0 bridgehead atoms. The van der Waals surface area contributed by atoms with Crippen LogP contribution in [-0.2, 0) is 20.4 Å². The van der Waals surface area contributed by atoms with Gasteiger partial charge in [-0.1, -0.05) is 41.5 Å². The van der Waals surface area contributed by atoms with Gasteiger partial charge in [-0.05, 0) is 44.0 Å². The molecule has 4 nitrogen and oxygen atoms in total. The summed E-state index contributed by atoms with van der Waals surface area (Å²) in [7, 11) is -3.57. The summed E-state index contributed by atoms with van der Waals surface area (Å²) >= 11 is 0. The normalized spacial score (nSPS) is 12.6. The zero-order chi connectivity index (χ0) is 18.6. The second-order valence-electron chi connectivity index (χ2n) is 6.37. The third kappa shape index (κ3) is 5.98. The molecule has 0 aliphatic carbocycles. The molecule has 0 aliphatic rings. The third-order valence-corrected chi connectivity index (χ3v) is 5.24. The fourth-order valence-corrected chi connectivity index (χ4v) is 4.03. The number of hydrogen-bond acceptors (Lipinski definition) is 3. The van der Waals surface area contributed by atoms with Crippen LogP contribution >= 0.6 is 0 Å². The highest BCUT2D eigenvalue weighted by molar-refractivity contribution is 7.91. The van der Waals surface area contributed by atoms with Gasteiger partial charge in [0, 0.05) is 0 Å². The first kappa shape index (κ1) is 19.1. The van der Waals surface area contributed by atoms with Crippen molar-refractivity contribution < 1.29 is 17.6 Å². The standard InChI is InChI=1S/C19H22FNO3S/c1-13-8-14(2)10-16(9-13)11-25(23,24)12-19(22)21-15(3)17-4-6-18(20)7-5-17/h4-10,15H,11-12H2,1-3H3,(H,21,22). The second kappa shape index (κ2) is 7.78. The zero-order valence-electron chi connectivity index (χ0n) is 14.5. The molecule has 6 heteroatoms. The van der Waals surface area contributed by atoms with Crippen LogP contribution in [-0.4, -0.2) is 20.1 Å². The smallest absolute Gasteiger partial charge is 0.235 e. The summed E-state index contributed by atoms with van der Waals surface area (Å²) in [5.74, 6) is -1.68. The fourth-order valence-electron chi connectivity index (χ4n) is 2.77. The summed E-state index contributed by atoms with van der Waals surface area (Å²) in [5.41, 5.74) is 3.36. The van der Waals surface area contributed by atoms with Crippen molar-refractivity contribution in [3.8, 4) is 0 Å². The van der Waals surface area contributed by atoms with Crippen LogP contribution < -0.4 is 5.32 Å². The van der Waals surface area contributed by atoms with Gasteiger partial charge in [0.1, 0.15) is 11.6 Å². The predicted molar refractivity (Wildman–Crippen MR) is 96.4 cm³/mol. The van der Waals surface area contributed by atoms with Gasteiger partial charge in [0.25, 0.3) is 0 Å². The molecule has 2 rings (SSSR count). The lowest BCUT2D eigenvalue weighted by molar-refractivity contribution is -0.119. The van der Waals surface area contributed by atoms with Crippen LogP contribution in [0.1, 0.15) is 35.2 Å². The first-order valence-electron chi connectivity index (χ1n) is 7.97. The molecule has 1 unspecified atom stereocenters.